The first-order valence-corrected chi connectivity index (χ1v) is 42.1. The minimum absolute atomic E-state index is 0.000650. The maximum Gasteiger partial charge on any atom is 0.151 e. The highest BCUT2D eigenvalue weighted by Crippen LogP contribution is 2.56. The first-order valence-electron chi connectivity index (χ1n) is 41.3. The maximum absolute atomic E-state index is 6.07. The smallest absolute Gasteiger partial charge is 0.151 e. The number of ether oxygens (including phenoxy) is 1. The van der Waals surface area contributed by atoms with Crippen LogP contribution in [0.2, 0.25) is 0 Å². The second-order valence-electron chi connectivity index (χ2n) is 32.4. The van der Waals surface area contributed by atoms with Crippen molar-refractivity contribution in [1.29, 1.82) is 0 Å². The monoisotopic (exact) mass is 1550 g/mol. The van der Waals surface area contributed by atoms with Gasteiger partial charge in [-0.05, 0) is 238 Å². The first-order chi connectivity index (χ1) is 56.9. The summed E-state index contributed by atoms with van der Waals surface area (Å²) >= 11 is 1.85. The summed E-state index contributed by atoms with van der Waals surface area (Å²) in [7, 11) is 2.14. The number of fused-ring (bicyclic) bond motifs is 8. The van der Waals surface area contributed by atoms with E-state index in [9.17, 15) is 0 Å². The summed E-state index contributed by atoms with van der Waals surface area (Å²) in [5, 5.41) is 0. The van der Waals surface area contributed by atoms with Crippen LogP contribution >= 0.6 is 11.8 Å². The first kappa shape index (κ1) is 79.5. The van der Waals surface area contributed by atoms with Gasteiger partial charge in [0, 0.05) is 62.1 Å². The third kappa shape index (κ3) is 17.0. The van der Waals surface area contributed by atoms with Gasteiger partial charge < -0.3 is 34.1 Å². The zero-order valence-electron chi connectivity index (χ0n) is 69.7. The van der Waals surface area contributed by atoms with E-state index in [4.69, 9.17) is 4.74 Å². The van der Waals surface area contributed by atoms with Gasteiger partial charge in [-0.15, -0.1) is 0 Å². The minimum Gasteiger partial charge on any atom is -0.453 e. The van der Waals surface area contributed by atoms with Crippen LogP contribution in [0.4, 0.5) is 96.7 Å². The Kier molecular flexibility index (Phi) is 24.2. The van der Waals surface area contributed by atoms with Gasteiger partial charge in [-0.25, -0.2) is 0 Å². The van der Waals surface area contributed by atoms with Crippen LogP contribution in [-0.2, 0) is 5.41 Å². The molecule has 15 aromatic rings. The number of hydrogen-bond acceptors (Lipinski definition) is 8. The van der Waals surface area contributed by atoms with Gasteiger partial charge in [-0.3, -0.25) is 0 Å². The van der Waals surface area contributed by atoms with Crippen LogP contribution in [0.15, 0.2) is 386 Å². The van der Waals surface area contributed by atoms with Gasteiger partial charge in [0.1, 0.15) is 0 Å². The molecule has 0 saturated heterocycles. The van der Waals surface area contributed by atoms with Gasteiger partial charge in [-0.2, -0.15) is 0 Å². The Balaban J connectivity index is 0.000000115. The van der Waals surface area contributed by atoms with Gasteiger partial charge in [-0.1, -0.05) is 301 Å². The van der Waals surface area contributed by atoms with E-state index in [2.05, 4.69) is 471 Å². The second kappa shape index (κ2) is 35.6. The molecule has 0 aromatic heterocycles. The van der Waals surface area contributed by atoms with Crippen LogP contribution in [0, 0.1) is 0 Å². The fraction of sp³-hybridized carbons (Fsp3) is 0.174. The summed E-state index contributed by atoms with van der Waals surface area (Å²) in [4.78, 5) is 16.6. The number of anilines is 17. The van der Waals surface area contributed by atoms with Crippen LogP contribution in [-0.4, -0.2) is 7.05 Å². The highest BCUT2D eigenvalue weighted by Gasteiger charge is 2.37. The van der Waals surface area contributed by atoms with Gasteiger partial charge in [0.2, 0.25) is 0 Å². The molecule has 15 aromatic carbocycles. The highest BCUT2D eigenvalue weighted by molar-refractivity contribution is 7.99. The van der Waals surface area contributed by atoms with E-state index in [1.165, 1.54) is 134 Å². The molecule has 7 nitrogen and oxygen atoms in total. The molecule has 0 N–H and O–H groups in total. The highest BCUT2D eigenvalue weighted by atomic mass is 32.2. The second-order valence-corrected chi connectivity index (χ2v) is 33.4. The van der Waals surface area contributed by atoms with Crippen LogP contribution in [0.1, 0.15) is 152 Å². The van der Waals surface area contributed by atoms with Crippen LogP contribution < -0.4 is 34.1 Å². The Hall–Kier alpha value is -12.8. The Labute approximate surface area is 699 Å². The van der Waals surface area contributed by atoms with E-state index in [1.807, 2.05) is 36.0 Å². The lowest BCUT2D eigenvalue weighted by molar-refractivity contribution is 0.477. The predicted octanol–water partition coefficient (Wildman–Crippen LogP) is 32.7. The Morgan fingerprint density at radius 3 is 0.957 bits per heavy atom. The standard InChI is InChI=1S/C24H25N.C22H22N2.C21H19NO.C21H19NS.C21H21N/c1-17(2)18-10-9-11-19(16-18)25-22-14-7-5-12-20(22)24(3,4)21-13-6-8-15-23(21)25;1-16(2)17-9-8-10-18(15-17)24-21-13-6-4-11-19(21)23(3)20-12-5-7-14-22(20)24;1-15(2)16-8-7-9-17(14-16)22-18-10-3-5-12-20(18)23-21-13-6-4-11-19(21)22;1-15(2)16-11-13-17(14-12-16)22-18-7-3-5-9-20(18)23-21-10-6-4-8-19(21)22;1-17(2)18-10-9-15-21(16-18)22(19-11-5-3-6-12-19)20-13-7-4-8-14-20/h5-17H,1-4H3;4-16H,1-3H3;2*3-15H,1-2H3;3-17H,1-2H3. The lowest BCUT2D eigenvalue weighted by atomic mass is 9.73. The van der Waals surface area contributed by atoms with Crippen molar-refractivity contribution >= 4 is 108 Å². The van der Waals surface area contributed by atoms with Gasteiger partial charge in [0.05, 0.1) is 56.9 Å². The van der Waals surface area contributed by atoms with Gasteiger partial charge in [0.25, 0.3) is 0 Å². The van der Waals surface area contributed by atoms with E-state index in [1.54, 1.807) is 0 Å². The molecular formula is C109H106N6OS. The minimum atomic E-state index is -0.000650. The molecule has 0 saturated carbocycles. The van der Waals surface area contributed by atoms with Crippen molar-refractivity contribution < 1.29 is 4.74 Å². The third-order valence-corrected chi connectivity index (χ3v) is 23.6. The zero-order valence-corrected chi connectivity index (χ0v) is 70.5. The summed E-state index contributed by atoms with van der Waals surface area (Å²) in [6, 6.07) is 134. The fourth-order valence-corrected chi connectivity index (χ4v) is 17.1. The molecular weight excluding hydrogens is 1440 g/mol. The fourth-order valence-electron chi connectivity index (χ4n) is 16.0. The van der Waals surface area contributed by atoms with E-state index < -0.39 is 0 Å². The average molecular weight is 1550 g/mol. The molecule has 4 aliphatic heterocycles. The van der Waals surface area contributed by atoms with Crippen molar-refractivity contribution in [3.63, 3.8) is 0 Å². The van der Waals surface area contributed by atoms with Crippen molar-refractivity contribution in [2.24, 2.45) is 0 Å². The van der Waals surface area contributed by atoms with Crippen LogP contribution in [0.25, 0.3) is 0 Å². The third-order valence-electron chi connectivity index (χ3n) is 22.5. The predicted molar refractivity (Wildman–Crippen MR) is 500 cm³/mol. The molecule has 584 valence electrons. The SMILES string of the molecule is CC(C)c1ccc(N2c3ccccc3Sc3ccccc32)cc1.CC(C)c1cccc(N(c2ccccc2)c2ccccc2)c1.CC(C)c1cccc(N2c3ccccc3C(C)(C)c3ccccc32)c1.CC(C)c1cccc(N2c3ccccc3N(C)c3ccccc32)c1.CC(C)c1cccc(N2c3ccccc3Oc3ccccc32)c1. The molecule has 8 heteroatoms. The average Bonchev–Trinajstić information content (AvgIpc) is 0.717. The summed E-state index contributed by atoms with van der Waals surface area (Å²) in [5.41, 5.74) is 30.1. The van der Waals surface area contributed by atoms with Crippen molar-refractivity contribution in [2.45, 2.75) is 128 Å². The van der Waals surface area contributed by atoms with Crippen LogP contribution in [0.3, 0.4) is 0 Å². The largest absolute Gasteiger partial charge is 0.453 e. The molecule has 0 spiro atoms. The van der Waals surface area contributed by atoms with Crippen molar-refractivity contribution in [3.8, 4) is 11.5 Å². The Morgan fingerprint density at radius 2 is 0.547 bits per heavy atom. The summed E-state index contributed by atoms with van der Waals surface area (Å²) < 4.78 is 6.07. The van der Waals surface area contributed by atoms with E-state index in [0.29, 0.717) is 29.6 Å². The molecule has 0 bridgehead atoms. The Bertz CT molecular complexity index is 5660. The van der Waals surface area contributed by atoms with Crippen molar-refractivity contribution in [3.05, 3.63) is 415 Å². The molecule has 4 aliphatic rings. The maximum atomic E-state index is 6.07. The quantitative estimate of drug-likeness (QED) is 0.120. The number of hydrogen-bond donors (Lipinski definition) is 0. The lowest BCUT2D eigenvalue weighted by Gasteiger charge is -2.42. The molecule has 0 aliphatic carbocycles. The van der Waals surface area contributed by atoms with Crippen molar-refractivity contribution in [2.75, 3.05) is 36.4 Å². The van der Waals surface area contributed by atoms with E-state index >= 15 is 0 Å². The molecule has 4 heterocycles. The number of benzene rings is 15. The number of nitrogens with zero attached hydrogens (tertiary/aromatic N) is 6. The molecule has 0 atom stereocenters. The molecule has 0 amide bonds. The summed E-state index contributed by atoms with van der Waals surface area (Å²) in [6.07, 6.45) is 0. The van der Waals surface area contributed by atoms with Crippen molar-refractivity contribution in [1.82, 2.24) is 0 Å². The lowest BCUT2D eigenvalue weighted by Crippen LogP contribution is -2.30. The summed E-state index contributed by atoms with van der Waals surface area (Å²) in [6.45, 7) is 27.0. The normalized spacial score (nSPS) is 12.9. The summed E-state index contributed by atoms with van der Waals surface area (Å²) in [5.74, 6) is 4.40. The molecule has 117 heavy (non-hydrogen) atoms. The van der Waals surface area contributed by atoms with Gasteiger partial charge in [0.15, 0.2) is 11.5 Å². The number of rotatable bonds is 12. The molecule has 0 radical (unpaired) electrons. The Morgan fingerprint density at radius 1 is 0.248 bits per heavy atom. The van der Waals surface area contributed by atoms with Crippen LogP contribution in [0.5, 0.6) is 11.5 Å². The molecule has 19 rings (SSSR count). The zero-order chi connectivity index (χ0) is 81.3. The molecule has 0 fully saturated rings. The van der Waals surface area contributed by atoms with E-state index in [-0.39, 0.29) is 5.41 Å². The topological polar surface area (TPSA) is 28.7 Å². The van der Waals surface area contributed by atoms with E-state index in [0.717, 1.165) is 22.9 Å². The molecule has 0 unspecified atom stereocenters. The van der Waals surface area contributed by atoms with Gasteiger partial charge >= 0.3 is 0 Å². The number of para-hydroxylation sites is 14.